The van der Waals surface area contributed by atoms with E-state index in [1.807, 2.05) is 0 Å². The molecule has 1 atom stereocenters. The topological polar surface area (TPSA) is 72.8 Å². The van der Waals surface area contributed by atoms with Crippen molar-refractivity contribution < 1.29 is 24.2 Å². The molecule has 0 heterocycles. The van der Waals surface area contributed by atoms with Crippen LogP contribution >= 0.6 is 0 Å². The van der Waals surface area contributed by atoms with Crippen LogP contribution in [-0.4, -0.2) is 36.4 Å². The fourth-order valence-electron chi connectivity index (χ4n) is 7.56. The fraction of sp³-hybridized carbons (Fsp3) is 0.920. The first-order valence-corrected chi connectivity index (χ1v) is 24.7. The van der Waals surface area contributed by atoms with Gasteiger partial charge in [-0.25, -0.2) is 0 Å². The molecular weight excluding hydrogens is 681 g/mol. The maximum atomic E-state index is 12.2. The molecule has 0 spiro atoms. The molecule has 326 valence electrons. The second kappa shape index (κ2) is 47.0. The molecule has 0 fully saturated rings. The highest BCUT2D eigenvalue weighted by Gasteiger charge is 2.16. The van der Waals surface area contributed by atoms with Crippen molar-refractivity contribution in [2.45, 2.75) is 283 Å². The Hall–Kier alpha value is -1.36. The van der Waals surface area contributed by atoms with Crippen molar-refractivity contribution in [2.75, 3.05) is 13.2 Å². The highest BCUT2D eigenvalue weighted by molar-refractivity contribution is 5.70. The minimum absolute atomic E-state index is 0.0740. The summed E-state index contributed by atoms with van der Waals surface area (Å²) in [6.07, 6.45) is 56.0. The molecule has 1 N–H and O–H groups in total. The monoisotopic (exact) mass is 777 g/mol. The number of hydrogen-bond donors (Lipinski definition) is 1. The molecule has 5 heteroatoms. The summed E-state index contributed by atoms with van der Waals surface area (Å²) in [6.45, 7) is 4.16. The maximum Gasteiger partial charge on any atom is 0.306 e. The normalized spacial score (nSPS) is 12.1. The van der Waals surface area contributed by atoms with Gasteiger partial charge >= 0.3 is 11.9 Å². The van der Waals surface area contributed by atoms with E-state index in [4.69, 9.17) is 9.47 Å². The SMILES string of the molecule is CCCCCCCCCCCCCCCCCCCC/C=C/CCCC(=O)OC[C@H](CO)OC(=O)CCCCCCCCCCCCCCCCCCCC. The maximum absolute atomic E-state index is 12.2. The predicted molar refractivity (Wildman–Crippen MR) is 238 cm³/mol. The number of esters is 2. The Morgan fingerprint density at radius 1 is 0.400 bits per heavy atom. The predicted octanol–water partition coefficient (Wildman–Crippen LogP) is 16.0. The van der Waals surface area contributed by atoms with Gasteiger partial charge in [-0.3, -0.25) is 9.59 Å². The van der Waals surface area contributed by atoms with Gasteiger partial charge in [-0.05, 0) is 32.1 Å². The standard InChI is InChI=1S/C50H96O5/c1-3-5-7-9-11-13-15-17-19-21-23-24-25-26-27-29-30-32-34-36-38-40-42-44-49(52)54-47-48(46-51)55-50(53)45-43-41-39-37-35-33-31-28-22-20-18-16-14-12-10-8-6-4-2/h36,38,48,51H,3-35,37,39-47H2,1-2H3/b38-36+/t48-/m0/s1. The molecule has 0 aliphatic carbocycles. The van der Waals surface area contributed by atoms with E-state index in [1.54, 1.807) is 0 Å². The molecule has 0 unspecified atom stereocenters. The molecule has 55 heavy (non-hydrogen) atoms. The first-order valence-electron chi connectivity index (χ1n) is 24.7. The average Bonchev–Trinajstić information content (AvgIpc) is 3.19. The van der Waals surface area contributed by atoms with E-state index in [-0.39, 0.29) is 25.2 Å². The molecular formula is C50H96O5. The van der Waals surface area contributed by atoms with E-state index in [1.165, 1.54) is 212 Å². The number of hydrogen-bond acceptors (Lipinski definition) is 5. The van der Waals surface area contributed by atoms with E-state index < -0.39 is 6.10 Å². The van der Waals surface area contributed by atoms with E-state index in [2.05, 4.69) is 26.0 Å². The van der Waals surface area contributed by atoms with Crippen LogP contribution in [0.15, 0.2) is 12.2 Å². The first-order chi connectivity index (χ1) is 27.1. The first kappa shape index (κ1) is 53.6. The average molecular weight is 777 g/mol. The van der Waals surface area contributed by atoms with Crippen LogP contribution in [0.3, 0.4) is 0 Å². The largest absolute Gasteiger partial charge is 0.462 e. The third-order valence-electron chi connectivity index (χ3n) is 11.3. The minimum Gasteiger partial charge on any atom is -0.462 e. The van der Waals surface area contributed by atoms with Crippen LogP contribution in [0.5, 0.6) is 0 Å². The van der Waals surface area contributed by atoms with Crippen molar-refractivity contribution in [3.63, 3.8) is 0 Å². The Labute approximate surface area is 343 Å². The lowest BCUT2D eigenvalue weighted by molar-refractivity contribution is -0.161. The number of carbonyl (C=O) groups excluding carboxylic acids is 2. The van der Waals surface area contributed by atoms with Gasteiger partial charge in [-0.2, -0.15) is 0 Å². The lowest BCUT2D eigenvalue weighted by Gasteiger charge is -2.15. The molecule has 0 radical (unpaired) electrons. The van der Waals surface area contributed by atoms with Crippen LogP contribution < -0.4 is 0 Å². The van der Waals surface area contributed by atoms with Crippen LogP contribution in [0.4, 0.5) is 0 Å². The zero-order valence-corrected chi connectivity index (χ0v) is 37.2. The number of carbonyl (C=O) groups is 2. The molecule has 0 saturated carbocycles. The van der Waals surface area contributed by atoms with E-state index in [9.17, 15) is 14.7 Å². The summed E-state index contributed by atoms with van der Waals surface area (Å²) in [5.74, 6) is -0.610. The number of rotatable bonds is 46. The molecule has 0 saturated heterocycles. The highest BCUT2D eigenvalue weighted by Crippen LogP contribution is 2.17. The number of aliphatic hydroxyl groups is 1. The van der Waals surface area contributed by atoms with Gasteiger partial charge in [0.1, 0.15) is 6.61 Å². The van der Waals surface area contributed by atoms with Gasteiger partial charge in [0.2, 0.25) is 0 Å². The second-order valence-electron chi connectivity index (χ2n) is 16.9. The quantitative estimate of drug-likeness (QED) is 0.0379. The third-order valence-corrected chi connectivity index (χ3v) is 11.3. The van der Waals surface area contributed by atoms with Gasteiger partial charge < -0.3 is 14.6 Å². The molecule has 0 aliphatic rings. The zero-order valence-electron chi connectivity index (χ0n) is 37.2. The van der Waals surface area contributed by atoms with Crippen molar-refractivity contribution in [1.82, 2.24) is 0 Å². The van der Waals surface area contributed by atoms with Gasteiger partial charge in [0.15, 0.2) is 6.10 Å². The lowest BCUT2D eigenvalue weighted by atomic mass is 10.0. The van der Waals surface area contributed by atoms with Gasteiger partial charge in [-0.15, -0.1) is 0 Å². The number of ether oxygens (including phenoxy) is 2. The Bertz CT molecular complexity index is 795. The summed E-state index contributed by atoms with van der Waals surface area (Å²) >= 11 is 0. The van der Waals surface area contributed by atoms with E-state index >= 15 is 0 Å². The molecule has 0 aromatic rings. The Balaban J connectivity index is 3.47. The molecule has 5 nitrogen and oxygen atoms in total. The molecule has 0 bridgehead atoms. The zero-order chi connectivity index (χ0) is 40.0. The van der Waals surface area contributed by atoms with Crippen LogP contribution in [0.25, 0.3) is 0 Å². The van der Waals surface area contributed by atoms with Gasteiger partial charge in [0.25, 0.3) is 0 Å². The van der Waals surface area contributed by atoms with Crippen LogP contribution in [-0.2, 0) is 19.1 Å². The number of allylic oxidation sites excluding steroid dienone is 2. The van der Waals surface area contributed by atoms with Gasteiger partial charge in [-0.1, -0.05) is 244 Å². The highest BCUT2D eigenvalue weighted by atomic mass is 16.6. The lowest BCUT2D eigenvalue weighted by Crippen LogP contribution is -2.28. The van der Waals surface area contributed by atoms with Crippen molar-refractivity contribution >= 4 is 11.9 Å². The molecule has 0 amide bonds. The number of unbranched alkanes of at least 4 members (excludes halogenated alkanes) is 36. The van der Waals surface area contributed by atoms with Gasteiger partial charge in [0.05, 0.1) is 6.61 Å². The number of aliphatic hydroxyl groups excluding tert-OH is 1. The molecule has 0 rings (SSSR count). The fourth-order valence-corrected chi connectivity index (χ4v) is 7.56. The Kier molecular flexibility index (Phi) is 45.9. The summed E-state index contributed by atoms with van der Waals surface area (Å²) in [6, 6.07) is 0. The Morgan fingerprint density at radius 2 is 0.691 bits per heavy atom. The van der Waals surface area contributed by atoms with Crippen molar-refractivity contribution in [3.05, 3.63) is 12.2 Å². The van der Waals surface area contributed by atoms with Crippen molar-refractivity contribution in [1.29, 1.82) is 0 Å². The minimum atomic E-state index is -0.777. The van der Waals surface area contributed by atoms with Gasteiger partial charge in [0, 0.05) is 12.8 Å². The molecule has 0 aliphatic heterocycles. The summed E-state index contributed by atoms with van der Waals surface area (Å²) < 4.78 is 10.6. The van der Waals surface area contributed by atoms with Crippen LogP contribution in [0, 0.1) is 0 Å². The van der Waals surface area contributed by atoms with Crippen molar-refractivity contribution in [2.24, 2.45) is 0 Å². The Morgan fingerprint density at radius 3 is 1.04 bits per heavy atom. The van der Waals surface area contributed by atoms with Crippen LogP contribution in [0.1, 0.15) is 277 Å². The second-order valence-corrected chi connectivity index (χ2v) is 16.9. The van der Waals surface area contributed by atoms with Crippen LogP contribution in [0.2, 0.25) is 0 Å². The summed E-state index contributed by atoms with van der Waals surface area (Å²) in [5, 5.41) is 9.60. The molecule has 0 aromatic heterocycles. The van der Waals surface area contributed by atoms with Crippen molar-refractivity contribution in [3.8, 4) is 0 Å². The summed E-state index contributed by atoms with van der Waals surface area (Å²) in [7, 11) is 0. The third kappa shape index (κ3) is 45.2. The molecule has 0 aromatic carbocycles. The smallest absolute Gasteiger partial charge is 0.306 e. The summed E-state index contributed by atoms with van der Waals surface area (Å²) in [5.41, 5.74) is 0. The van der Waals surface area contributed by atoms with E-state index in [0.29, 0.717) is 12.8 Å². The summed E-state index contributed by atoms with van der Waals surface area (Å²) in [4.78, 5) is 24.4. The van der Waals surface area contributed by atoms with E-state index in [0.717, 1.165) is 38.5 Å².